The van der Waals surface area contributed by atoms with E-state index >= 15 is 0 Å². The van der Waals surface area contributed by atoms with Crippen molar-refractivity contribution in [1.82, 2.24) is 0 Å². The summed E-state index contributed by atoms with van der Waals surface area (Å²) in [6.45, 7) is 0. The molecule has 2 aliphatic heterocycles. The van der Waals surface area contributed by atoms with Crippen LogP contribution in [0.1, 0.15) is 32.4 Å². The van der Waals surface area contributed by atoms with Crippen molar-refractivity contribution in [1.29, 1.82) is 0 Å². The molecule has 0 N–H and O–H groups in total. The topological polar surface area (TPSA) is 99.2 Å². The van der Waals surface area contributed by atoms with Gasteiger partial charge in [-0.05, 0) is 17.7 Å². The zero-order valence-electron chi connectivity index (χ0n) is 19.5. The first-order valence-electron chi connectivity index (χ1n) is 11.4. The number of Topliss-reactive ketones (excluding diaryl/α,β-unsaturated/α-hetero) is 2. The van der Waals surface area contributed by atoms with Gasteiger partial charge in [-0.3, -0.25) is 19.2 Å². The molecule has 8 heteroatoms. The maximum absolute atomic E-state index is 14.0. The Kier molecular flexibility index (Phi) is 4.84. The molecular weight excluding hydrogens is 462 g/mol. The first kappa shape index (κ1) is 22.2. The fourth-order valence-corrected chi connectivity index (χ4v) is 5.67. The Bertz CT molecular complexity index is 1410. The number of hydrogen-bond donors (Lipinski definition) is 0. The lowest BCUT2D eigenvalue weighted by molar-refractivity contribution is -0.127. The van der Waals surface area contributed by atoms with Crippen LogP contribution in [0.3, 0.4) is 0 Å². The van der Waals surface area contributed by atoms with Gasteiger partial charge in [0.25, 0.3) is 0 Å². The van der Waals surface area contributed by atoms with Gasteiger partial charge >= 0.3 is 0 Å². The molecule has 6 rings (SSSR count). The maximum Gasteiger partial charge on any atom is 0.241 e. The van der Waals surface area contributed by atoms with Crippen molar-refractivity contribution in [3.8, 4) is 11.5 Å². The molecule has 1 aliphatic carbocycles. The van der Waals surface area contributed by atoms with Gasteiger partial charge in [0.1, 0.15) is 11.5 Å². The molecule has 0 unspecified atom stereocenters. The third kappa shape index (κ3) is 2.73. The van der Waals surface area contributed by atoms with Crippen molar-refractivity contribution in [3.63, 3.8) is 0 Å². The fraction of sp³-hybridized carbons (Fsp3) is 0.214. The third-order valence-electron chi connectivity index (χ3n) is 7.27. The average Bonchev–Trinajstić information content (AvgIpc) is 3.48. The highest BCUT2D eigenvalue weighted by molar-refractivity contribution is 6.37. The van der Waals surface area contributed by atoms with Crippen molar-refractivity contribution in [2.45, 2.75) is 11.7 Å². The third-order valence-corrected chi connectivity index (χ3v) is 7.27. The average molecular weight is 483 g/mol. The SMILES string of the molecule is COc1ccc(N2C(=O)[C@@H]3[C@@H](C2=O)C2(O[C@H]3c3ccccc3)C(=O)c3ccccc3C2=O)c(OC)c1. The molecular formula is C28H21NO7. The minimum absolute atomic E-state index is 0.190. The second-order valence-electron chi connectivity index (χ2n) is 8.94. The number of fused-ring (bicyclic) bond motifs is 3. The predicted octanol–water partition coefficient (Wildman–Crippen LogP) is 3.40. The Hall–Kier alpha value is -4.30. The molecule has 2 amide bonds. The van der Waals surface area contributed by atoms with Gasteiger partial charge in [0.05, 0.1) is 37.8 Å². The Balaban J connectivity index is 1.54. The fourth-order valence-electron chi connectivity index (χ4n) is 5.67. The summed E-state index contributed by atoms with van der Waals surface area (Å²) in [5.41, 5.74) is -0.923. The Labute approximate surface area is 206 Å². The van der Waals surface area contributed by atoms with Crippen LogP contribution in [0.15, 0.2) is 72.8 Å². The number of amides is 2. The van der Waals surface area contributed by atoms with Crippen molar-refractivity contribution < 1.29 is 33.4 Å². The van der Waals surface area contributed by atoms with E-state index in [0.29, 0.717) is 11.3 Å². The highest BCUT2D eigenvalue weighted by Gasteiger charge is 2.74. The van der Waals surface area contributed by atoms with Gasteiger partial charge in [-0.2, -0.15) is 0 Å². The van der Waals surface area contributed by atoms with Gasteiger partial charge in [0, 0.05) is 17.2 Å². The number of carbonyl (C=O) groups is 4. The molecule has 2 saturated heterocycles. The van der Waals surface area contributed by atoms with Crippen molar-refractivity contribution in [3.05, 3.63) is 89.5 Å². The molecule has 3 aromatic carbocycles. The summed E-state index contributed by atoms with van der Waals surface area (Å²) >= 11 is 0. The number of anilines is 1. The summed E-state index contributed by atoms with van der Waals surface area (Å²) in [7, 11) is 2.91. The van der Waals surface area contributed by atoms with Gasteiger partial charge in [0.2, 0.25) is 29.0 Å². The van der Waals surface area contributed by atoms with Gasteiger partial charge < -0.3 is 14.2 Å². The Morgan fingerprint density at radius 1 is 0.778 bits per heavy atom. The second kappa shape index (κ2) is 7.86. The highest BCUT2D eigenvalue weighted by atomic mass is 16.5. The number of rotatable bonds is 4. The number of imide groups is 1. The van der Waals surface area contributed by atoms with Crippen LogP contribution >= 0.6 is 0 Å². The Morgan fingerprint density at radius 3 is 2.03 bits per heavy atom. The van der Waals surface area contributed by atoms with Crippen LogP contribution in [0.2, 0.25) is 0 Å². The molecule has 2 heterocycles. The van der Waals surface area contributed by atoms with E-state index in [1.807, 2.05) is 6.07 Å². The first-order valence-corrected chi connectivity index (χ1v) is 11.4. The van der Waals surface area contributed by atoms with E-state index in [0.717, 1.165) is 4.90 Å². The molecule has 36 heavy (non-hydrogen) atoms. The predicted molar refractivity (Wildman–Crippen MR) is 127 cm³/mol. The zero-order valence-corrected chi connectivity index (χ0v) is 19.5. The van der Waals surface area contributed by atoms with Gasteiger partial charge in [-0.25, -0.2) is 4.90 Å². The van der Waals surface area contributed by atoms with Gasteiger partial charge in [-0.1, -0.05) is 54.6 Å². The highest BCUT2D eigenvalue weighted by Crippen LogP contribution is 2.58. The normalized spacial score (nSPS) is 23.8. The van der Waals surface area contributed by atoms with Crippen LogP contribution in [0.4, 0.5) is 5.69 Å². The van der Waals surface area contributed by atoms with E-state index < -0.39 is 46.9 Å². The van der Waals surface area contributed by atoms with Crippen LogP contribution in [0, 0.1) is 11.8 Å². The molecule has 0 saturated carbocycles. The number of nitrogens with zero attached hydrogens (tertiary/aromatic N) is 1. The molecule has 3 atom stereocenters. The summed E-state index contributed by atoms with van der Waals surface area (Å²) < 4.78 is 17.0. The summed E-state index contributed by atoms with van der Waals surface area (Å²) in [5.74, 6) is -4.11. The van der Waals surface area contributed by atoms with Crippen LogP contribution in [-0.4, -0.2) is 43.2 Å². The molecule has 8 nitrogen and oxygen atoms in total. The number of ether oxygens (including phenoxy) is 3. The molecule has 0 bridgehead atoms. The van der Waals surface area contributed by atoms with Crippen LogP contribution in [-0.2, 0) is 14.3 Å². The number of carbonyl (C=O) groups excluding carboxylic acids is 4. The standard InChI is InChI=1S/C28H21NO7/c1-34-16-12-13-19(20(14-16)35-2)29-26(32)21-22(27(29)33)28(36-23(21)15-8-4-3-5-9-15)24(30)17-10-6-7-11-18(17)25(28)31/h3-14,21-23H,1-2H3/t21-,22+,23+/m1/s1. The van der Waals surface area contributed by atoms with Crippen LogP contribution < -0.4 is 14.4 Å². The van der Waals surface area contributed by atoms with E-state index in [4.69, 9.17) is 14.2 Å². The molecule has 180 valence electrons. The molecule has 3 aromatic rings. The first-order chi connectivity index (χ1) is 17.4. The lowest BCUT2D eigenvalue weighted by atomic mass is 9.77. The molecule has 0 aromatic heterocycles. The Morgan fingerprint density at radius 2 is 1.42 bits per heavy atom. The minimum atomic E-state index is -2.12. The minimum Gasteiger partial charge on any atom is -0.497 e. The summed E-state index contributed by atoms with van der Waals surface area (Å²) in [6.07, 6.45) is -0.968. The van der Waals surface area contributed by atoms with E-state index in [1.54, 1.807) is 66.7 Å². The van der Waals surface area contributed by atoms with E-state index in [2.05, 4.69) is 0 Å². The number of ketones is 2. The van der Waals surface area contributed by atoms with Crippen molar-refractivity contribution in [2.75, 3.05) is 19.1 Å². The largest absolute Gasteiger partial charge is 0.497 e. The molecule has 3 aliphatic rings. The van der Waals surface area contributed by atoms with Crippen molar-refractivity contribution >= 4 is 29.1 Å². The van der Waals surface area contributed by atoms with E-state index in [9.17, 15) is 19.2 Å². The lowest BCUT2D eigenvalue weighted by Crippen LogP contribution is -2.51. The van der Waals surface area contributed by atoms with Crippen LogP contribution in [0.25, 0.3) is 0 Å². The van der Waals surface area contributed by atoms with Crippen LogP contribution in [0.5, 0.6) is 11.5 Å². The summed E-state index contributed by atoms with van der Waals surface area (Å²) in [6, 6.07) is 20.0. The summed E-state index contributed by atoms with van der Waals surface area (Å²) in [4.78, 5) is 56.6. The smallest absolute Gasteiger partial charge is 0.241 e. The molecule has 2 fully saturated rings. The summed E-state index contributed by atoms with van der Waals surface area (Å²) in [5, 5.41) is 0. The quantitative estimate of drug-likeness (QED) is 0.414. The van der Waals surface area contributed by atoms with E-state index in [1.165, 1.54) is 14.2 Å². The number of methoxy groups -OCH3 is 2. The van der Waals surface area contributed by atoms with Crippen molar-refractivity contribution in [2.24, 2.45) is 11.8 Å². The number of benzene rings is 3. The maximum atomic E-state index is 14.0. The second-order valence-corrected chi connectivity index (χ2v) is 8.94. The van der Waals surface area contributed by atoms with E-state index in [-0.39, 0.29) is 22.6 Å². The molecule has 1 spiro atoms. The van der Waals surface area contributed by atoms with Gasteiger partial charge in [-0.15, -0.1) is 0 Å². The number of hydrogen-bond acceptors (Lipinski definition) is 7. The zero-order chi connectivity index (χ0) is 25.2. The lowest BCUT2D eigenvalue weighted by Gasteiger charge is -2.27. The molecule has 0 radical (unpaired) electrons. The monoisotopic (exact) mass is 483 g/mol. The van der Waals surface area contributed by atoms with Gasteiger partial charge in [0.15, 0.2) is 0 Å².